The van der Waals surface area contributed by atoms with Crippen LogP contribution in [0.15, 0.2) is 53.0 Å². The van der Waals surface area contributed by atoms with Gasteiger partial charge >= 0.3 is 0 Å². The SMILES string of the molecule is O=C(Nc1cccc(Cl)c1)[C@H]1CCN(c2cccc(Br)c2)C1=O. The van der Waals surface area contributed by atoms with Crippen LogP contribution in [0.25, 0.3) is 0 Å². The molecule has 2 aromatic carbocycles. The van der Waals surface area contributed by atoms with Gasteiger partial charge in [0.15, 0.2) is 0 Å². The first-order valence-corrected chi connectivity index (χ1v) is 8.35. The van der Waals surface area contributed by atoms with E-state index in [1.165, 1.54) is 0 Å². The minimum Gasteiger partial charge on any atom is -0.325 e. The van der Waals surface area contributed by atoms with Crippen molar-refractivity contribution in [2.45, 2.75) is 6.42 Å². The van der Waals surface area contributed by atoms with Gasteiger partial charge in [0.25, 0.3) is 0 Å². The molecule has 0 saturated carbocycles. The van der Waals surface area contributed by atoms with Crippen molar-refractivity contribution in [1.82, 2.24) is 0 Å². The number of benzene rings is 2. The Labute approximate surface area is 147 Å². The molecule has 4 nitrogen and oxygen atoms in total. The third-order valence-corrected chi connectivity index (χ3v) is 4.46. The van der Waals surface area contributed by atoms with E-state index in [0.717, 1.165) is 10.2 Å². The highest BCUT2D eigenvalue weighted by atomic mass is 79.9. The molecule has 1 aliphatic heterocycles. The summed E-state index contributed by atoms with van der Waals surface area (Å²) < 4.78 is 0.898. The number of anilines is 2. The first kappa shape index (κ1) is 16.0. The first-order valence-electron chi connectivity index (χ1n) is 7.18. The van der Waals surface area contributed by atoms with Crippen molar-refractivity contribution in [2.24, 2.45) is 5.92 Å². The van der Waals surface area contributed by atoms with Gasteiger partial charge in [-0.1, -0.05) is 39.7 Å². The second-order valence-electron chi connectivity index (χ2n) is 5.31. The Balaban J connectivity index is 1.72. The van der Waals surface area contributed by atoms with Gasteiger partial charge in [0.2, 0.25) is 11.8 Å². The molecule has 1 saturated heterocycles. The van der Waals surface area contributed by atoms with Crippen LogP contribution in [-0.2, 0) is 9.59 Å². The molecule has 0 unspecified atom stereocenters. The van der Waals surface area contributed by atoms with Gasteiger partial charge in [-0.25, -0.2) is 0 Å². The molecule has 1 fully saturated rings. The topological polar surface area (TPSA) is 49.4 Å². The average Bonchev–Trinajstić information content (AvgIpc) is 2.89. The Bertz CT molecular complexity index is 766. The monoisotopic (exact) mass is 392 g/mol. The van der Waals surface area contributed by atoms with Gasteiger partial charge in [0, 0.05) is 27.4 Å². The third-order valence-electron chi connectivity index (χ3n) is 3.73. The highest BCUT2D eigenvalue weighted by Gasteiger charge is 2.37. The first-order chi connectivity index (χ1) is 11.0. The molecule has 6 heteroatoms. The Morgan fingerprint density at radius 3 is 2.74 bits per heavy atom. The lowest BCUT2D eigenvalue weighted by molar-refractivity contribution is -0.129. The highest BCUT2D eigenvalue weighted by Crippen LogP contribution is 2.28. The van der Waals surface area contributed by atoms with E-state index < -0.39 is 5.92 Å². The molecular weight excluding hydrogens is 380 g/mol. The molecule has 2 aromatic rings. The molecule has 1 N–H and O–H groups in total. The van der Waals surface area contributed by atoms with E-state index in [0.29, 0.717) is 23.7 Å². The van der Waals surface area contributed by atoms with Crippen molar-refractivity contribution in [2.75, 3.05) is 16.8 Å². The normalized spacial score (nSPS) is 17.4. The number of nitrogens with one attached hydrogen (secondary N) is 1. The molecule has 2 amide bonds. The van der Waals surface area contributed by atoms with E-state index in [2.05, 4.69) is 21.2 Å². The number of halogens is 2. The quantitative estimate of drug-likeness (QED) is 0.798. The van der Waals surface area contributed by atoms with Crippen LogP contribution in [0.4, 0.5) is 11.4 Å². The fraction of sp³-hybridized carbons (Fsp3) is 0.176. The van der Waals surface area contributed by atoms with E-state index >= 15 is 0 Å². The fourth-order valence-corrected chi connectivity index (χ4v) is 3.20. The van der Waals surface area contributed by atoms with Crippen LogP contribution in [0.2, 0.25) is 5.02 Å². The van der Waals surface area contributed by atoms with Crippen LogP contribution in [0, 0.1) is 5.92 Å². The molecule has 0 aromatic heterocycles. The second-order valence-corrected chi connectivity index (χ2v) is 6.66. The minimum atomic E-state index is -0.673. The lowest BCUT2D eigenvalue weighted by atomic mass is 10.1. The highest BCUT2D eigenvalue weighted by molar-refractivity contribution is 9.10. The lowest BCUT2D eigenvalue weighted by Gasteiger charge is -2.17. The van der Waals surface area contributed by atoms with Crippen LogP contribution >= 0.6 is 27.5 Å². The predicted octanol–water partition coefficient (Wildman–Crippen LogP) is 4.09. The lowest BCUT2D eigenvalue weighted by Crippen LogP contribution is -2.33. The zero-order chi connectivity index (χ0) is 16.4. The maximum Gasteiger partial charge on any atom is 0.239 e. The van der Waals surface area contributed by atoms with Crippen LogP contribution in [0.1, 0.15) is 6.42 Å². The average molecular weight is 394 g/mol. The number of hydrogen-bond acceptors (Lipinski definition) is 2. The summed E-state index contributed by atoms with van der Waals surface area (Å²) >= 11 is 9.30. The van der Waals surface area contributed by atoms with E-state index in [1.807, 2.05) is 24.3 Å². The summed E-state index contributed by atoms with van der Waals surface area (Å²) in [6.07, 6.45) is 0.498. The van der Waals surface area contributed by atoms with Crippen molar-refractivity contribution >= 4 is 50.7 Å². The number of amides is 2. The Morgan fingerprint density at radius 1 is 1.22 bits per heavy atom. The maximum absolute atomic E-state index is 12.5. The van der Waals surface area contributed by atoms with Crippen molar-refractivity contribution in [3.05, 3.63) is 58.0 Å². The van der Waals surface area contributed by atoms with Gasteiger partial charge < -0.3 is 10.2 Å². The van der Waals surface area contributed by atoms with Gasteiger partial charge in [0.1, 0.15) is 5.92 Å². The van der Waals surface area contributed by atoms with Crippen LogP contribution in [0.5, 0.6) is 0 Å². The molecule has 118 valence electrons. The Kier molecular flexibility index (Phi) is 4.68. The molecule has 23 heavy (non-hydrogen) atoms. The number of carbonyl (C=O) groups excluding carboxylic acids is 2. The van der Waals surface area contributed by atoms with Gasteiger partial charge in [-0.2, -0.15) is 0 Å². The van der Waals surface area contributed by atoms with E-state index in [1.54, 1.807) is 29.2 Å². The summed E-state index contributed by atoms with van der Waals surface area (Å²) in [6, 6.07) is 14.4. The second kappa shape index (κ2) is 6.72. The largest absolute Gasteiger partial charge is 0.325 e. The number of nitrogens with zero attached hydrogens (tertiary/aromatic N) is 1. The Hall–Kier alpha value is -1.85. The fourth-order valence-electron chi connectivity index (χ4n) is 2.62. The van der Waals surface area contributed by atoms with E-state index in [-0.39, 0.29) is 11.8 Å². The number of carbonyl (C=O) groups is 2. The van der Waals surface area contributed by atoms with Gasteiger partial charge in [-0.05, 0) is 42.8 Å². The maximum atomic E-state index is 12.5. The van der Waals surface area contributed by atoms with Crippen LogP contribution in [0.3, 0.4) is 0 Å². The zero-order valence-corrected chi connectivity index (χ0v) is 14.5. The van der Waals surface area contributed by atoms with Gasteiger partial charge in [0.05, 0.1) is 0 Å². The molecule has 0 aliphatic carbocycles. The standard InChI is InChI=1S/C17H14BrClN2O2/c18-11-3-1-6-14(9-11)21-8-7-15(17(21)23)16(22)20-13-5-2-4-12(19)10-13/h1-6,9-10,15H,7-8H2,(H,20,22)/t15-/m1/s1. The number of hydrogen-bond donors (Lipinski definition) is 1. The van der Waals surface area contributed by atoms with Crippen molar-refractivity contribution in [1.29, 1.82) is 0 Å². The molecule has 0 bridgehead atoms. The summed E-state index contributed by atoms with van der Waals surface area (Å²) in [4.78, 5) is 26.6. The molecule has 3 rings (SSSR count). The molecule has 0 radical (unpaired) electrons. The van der Waals surface area contributed by atoms with Crippen LogP contribution in [-0.4, -0.2) is 18.4 Å². The predicted molar refractivity (Wildman–Crippen MR) is 94.7 cm³/mol. The van der Waals surface area contributed by atoms with Crippen LogP contribution < -0.4 is 10.2 Å². The third kappa shape index (κ3) is 3.57. The number of rotatable bonds is 3. The smallest absolute Gasteiger partial charge is 0.239 e. The minimum absolute atomic E-state index is 0.178. The summed E-state index contributed by atoms with van der Waals surface area (Å²) in [5.41, 5.74) is 1.39. The summed E-state index contributed by atoms with van der Waals surface area (Å²) in [7, 11) is 0. The van der Waals surface area contributed by atoms with E-state index in [9.17, 15) is 9.59 Å². The van der Waals surface area contributed by atoms with E-state index in [4.69, 9.17) is 11.6 Å². The molecule has 0 spiro atoms. The molecule has 1 atom stereocenters. The summed E-state index contributed by atoms with van der Waals surface area (Å²) in [5, 5.41) is 3.30. The van der Waals surface area contributed by atoms with Gasteiger partial charge in [-0.15, -0.1) is 0 Å². The summed E-state index contributed by atoms with van der Waals surface area (Å²) in [6.45, 7) is 0.531. The molecular formula is C17H14BrClN2O2. The van der Waals surface area contributed by atoms with Crippen molar-refractivity contribution < 1.29 is 9.59 Å². The van der Waals surface area contributed by atoms with Crippen molar-refractivity contribution in [3.63, 3.8) is 0 Å². The Morgan fingerprint density at radius 2 is 2.00 bits per heavy atom. The van der Waals surface area contributed by atoms with Gasteiger partial charge in [-0.3, -0.25) is 9.59 Å². The van der Waals surface area contributed by atoms with Crippen molar-refractivity contribution in [3.8, 4) is 0 Å². The summed E-state index contributed by atoms with van der Waals surface area (Å²) in [5.74, 6) is -1.15. The molecule has 1 heterocycles. The zero-order valence-electron chi connectivity index (χ0n) is 12.1. The molecule has 1 aliphatic rings.